The van der Waals surface area contributed by atoms with Crippen molar-refractivity contribution >= 4 is 67.3 Å². The van der Waals surface area contributed by atoms with Gasteiger partial charge in [-0.2, -0.15) is 0 Å². The number of anilines is 2. The molecule has 2 N–H and O–H groups in total. The lowest BCUT2D eigenvalue weighted by atomic mass is 10.1. The first-order chi connectivity index (χ1) is 22.1. The van der Waals surface area contributed by atoms with Crippen LogP contribution in [0.2, 0.25) is 0 Å². The van der Waals surface area contributed by atoms with Gasteiger partial charge in [0.1, 0.15) is 5.25 Å². The van der Waals surface area contributed by atoms with E-state index in [1.165, 1.54) is 28.5 Å². The van der Waals surface area contributed by atoms with Crippen LogP contribution >= 0.6 is 23.1 Å². The summed E-state index contributed by atoms with van der Waals surface area (Å²) in [5.41, 5.74) is 3.93. The molecule has 7 aromatic rings. The minimum Gasteiger partial charge on any atom is -0.322 e. The normalized spacial score (nSPS) is 11.7. The van der Waals surface area contributed by atoms with Crippen LogP contribution in [-0.4, -0.2) is 16.8 Å². The van der Waals surface area contributed by atoms with E-state index in [9.17, 15) is 9.59 Å². The summed E-state index contributed by atoms with van der Waals surface area (Å²) < 4.78 is 0. The Labute approximate surface area is 269 Å². The van der Waals surface area contributed by atoms with Crippen molar-refractivity contribution in [3.05, 3.63) is 156 Å². The van der Waals surface area contributed by atoms with E-state index in [-0.39, 0.29) is 11.8 Å². The highest BCUT2D eigenvalue weighted by atomic mass is 32.2. The number of nitrogens with zero attached hydrogens (tertiary/aromatic N) is 1. The van der Waals surface area contributed by atoms with Crippen LogP contribution in [0, 0.1) is 0 Å². The van der Waals surface area contributed by atoms with Crippen molar-refractivity contribution in [3.8, 4) is 11.3 Å². The fourth-order valence-corrected chi connectivity index (χ4v) is 7.01. The smallest absolute Gasteiger partial charge is 0.255 e. The number of fused-ring (bicyclic) bond motifs is 2. The van der Waals surface area contributed by atoms with E-state index in [1.807, 2.05) is 115 Å². The minimum absolute atomic E-state index is 0.170. The SMILES string of the molecule is O=C(Nc1cccc(SC(C(=O)Nc2nc(-c3ccc4ccccc4c3)cs2)c2ccccc2)c1)c1ccc2ccccc2c1. The van der Waals surface area contributed by atoms with E-state index in [0.717, 1.165) is 37.9 Å². The average molecular weight is 622 g/mol. The highest BCUT2D eigenvalue weighted by Gasteiger charge is 2.23. The summed E-state index contributed by atoms with van der Waals surface area (Å²) in [6.45, 7) is 0. The number of hydrogen-bond acceptors (Lipinski definition) is 5. The largest absolute Gasteiger partial charge is 0.322 e. The Kier molecular flexibility index (Phi) is 8.10. The Balaban J connectivity index is 1.09. The first-order valence-electron chi connectivity index (χ1n) is 14.5. The Morgan fingerprint density at radius 2 is 1.33 bits per heavy atom. The number of thioether (sulfide) groups is 1. The van der Waals surface area contributed by atoms with Gasteiger partial charge in [-0.3, -0.25) is 9.59 Å². The number of benzene rings is 6. The quantitative estimate of drug-likeness (QED) is 0.166. The van der Waals surface area contributed by atoms with Crippen LogP contribution in [0.15, 0.2) is 150 Å². The summed E-state index contributed by atoms with van der Waals surface area (Å²) in [4.78, 5) is 32.5. The first kappa shape index (κ1) is 28.5. The number of carbonyl (C=O) groups is 2. The topological polar surface area (TPSA) is 71.1 Å². The monoisotopic (exact) mass is 621 g/mol. The predicted octanol–water partition coefficient (Wildman–Crippen LogP) is 9.84. The van der Waals surface area contributed by atoms with Gasteiger partial charge in [0, 0.05) is 27.1 Å². The van der Waals surface area contributed by atoms with Crippen molar-refractivity contribution in [2.24, 2.45) is 0 Å². The van der Waals surface area contributed by atoms with Gasteiger partial charge in [-0.25, -0.2) is 4.98 Å². The maximum atomic E-state index is 13.8. The lowest BCUT2D eigenvalue weighted by molar-refractivity contribution is -0.115. The summed E-state index contributed by atoms with van der Waals surface area (Å²) in [6, 6.07) is 45.4. The van der Waals surface area contributed by atoms with Crippen LogP contribution in [-0.2, 0) is 4.79 Å². The Morgan fingerprint density at radius 3 is 2.11 bits per heavy atom. The van der Waals surface area contributed by atoms with Crippen molar-refractivity contribution in [3.63, 3.8) is 0 Å². The van der Waals surface area contributed by atoms with E-state index >= 15 is 0 Å². The number of carbonyl (C=O) groups excluding carboxylic acids is 2. The van der Waals surface area contributed by atoms with Crippen molar-refractivity contribution in [1.29, 1.82) is 0 Å². The molecule has 0 spiro atoms. The average Bonchev–Trinajstić information content (AvgIpc) is 3.55. The number of aromatic nitrogens is 1. The number of amides is 2. The van der Waals surface area contributed by atoms with E-state index in [0.29, 0.717) is 16.4 Å². The zero-order valence-electron chi connectivity index (χ0n) is 24.0. The van der Waals surface area contributed by atoms with Gasteiger partial charge in [0.25, 0.3) is 5.91 Å². The standard InChI is InChI=1S/C38H27N3O2S2/c42-36(31-20-18-26-10-5-7-14-29(26)22-31)39-32-15-8-16-33(23-32)45-35(27-11-2-1-3-12-27)37(43)41-38-40-34(24-44-38)30-19-17-25-9-4-6-13-28(25)21-30/h1-24,35H,(H,39,42)(H,40,41,43). The van der Waals surface area contributed by atoms with Gasteiger partial charge < -0.3 is 10.6 Å². The van der Waals surface area contributed by atoms with Gasteiger partial charge >= 0.3 is 0 Å². The minimum atomic E-state index is -0.536. The lowest BCUT2D eigenvalue weighted by Crippen LogP contribution is -2.19. The van der Waals surface area contributed by atoms with Crippen LogP contribution in [0.1, 0.15) is 21.2 Å². The zero-order chi connectivity index (χ0) is 30.6. The number of hydrogen-bond donors (Lipinski definition) is 2. The summed E-state index contributed by atoms with van der Waals surface area (Å²) in [5.74, 6) is -0.359. The Bertz CT molecular complexity index is 2160. The fourth-order valence-electron chi connectivity index (χ4n) is 5.20. The molecule has 0 fully saturated rings. The fraction of sp³-hybridized carbons (Fsp3) is 0.0263. The second-order valence-electron chi connectivity index (χ2n) is 10.5. The van der Waals surface area contributed by atoms with Crippen molar-refractivity contribution in [2.75, 3.05) is 10.6 Å². The molecule has 1 aromatic heterocycles. The van der Waals surface area contributed by atoms with Gasteiger partial charge in [-0.1, -0.05) is 103 Å². The van der Waals surface area contributed by atoms with Crippen LogP contribution in [0.4, 0.5) is 10.8 Å². The molecule has 218 valence electrons. The Hall–Kier alpha value is -5.24. The predicted molar refractivity (Wildman–Crippen MR) is 187 cm³/mol. The Morgan fingerprint density at radius 1 is 0.644 bits per heavy atom. The molecule has 0 saturated carbocycles. The van der Waals surface area contributed by atoms with Crippen LogP contribution in [0.3, 0.4) is 0 Å². The maximum Gasteiger partial charge on any atom is 0.255 e. The third-order valence-corrected chi connectivity index (χ3v) is 9.48. The molecule has 0 bridgehead atoms. The van der Waals surface area contributed by atoms with Crippen LogP contribution < -0.4 is 10.6 Å². The molecular formula is C38H27N3O2S2. The summed E-state index contributed by atoms with van der Waals surface area (Å²) in [6.07, 6.45) is 0. The third kappa shape index (κ3) is 6.50. The van der Waals surface area contributed by atoms with Crippen molar-refractivity contribution < 1.29 is 9.59 Å². The van der Waals surface area contributed by atoms with E-state index < -0.39 is 5.25 Å². The summed E-state index contributed by atoms with van der Waals surface area (Å²) in [7, 11) is 0. The molecule has 1 atom stereocenters. The molecule has 7 heteroatoms. The molecule has 5 nitrogen and oxygen atoms in total. The van der Waals surface area contributed by atoms with Gasteiger partial charge in [0.05, 0.1) is 5.69 Å². The van der Waals surface area contributed by atoms with Crippen LogP contribution in [0.25, 0.3) is 32.8 Å². The molecule has 45 heavy (non-hydrogen) atoms. The molecule has 7 rings (SSSR count). The number of nitrogens with one attached hydrogen (secondary N) is 2. The number of thiazole rings is 1. The first-order valence-corrected chi connectivity index (χ1v) is 16.2. The van der Waals surface area contributed by atoms with E-state index in [4.69, 9.17) is 4.98 Å². The molecule has 1 unspecified atom stereocenters. The summed E-state index contributed by atoms with van der Waals surface area (Å²) >= 11 is 2.83. The van der Waals surface area contributed by atoms with E-state index in [2.05, 4.69) is 41.0 Å². The molecule has 0 saturated heterocycles. The van der Waals surface area contributed by atoms with Gasteiger partial charge in [0.15, 0.2) is 5.13 Å². The van der Waals surface area contributed by atoms with Crippen LogP contribution in [0.5, 0.6) is 0 Å². The third-order valence-electron chi connectivity index (χ3n) is 7.48. The molecule has 0 aliphatic carbocycles. The highest BCUT2D eigenvalue weighted by Crippen LogP contribution is 2.38. The second kappa shape index (κ2) is 12.8. The second-order valence-corrected chi connectivity index (χ2v) is 12.6. The van der Waals surface area contributed by atoms with E-state index in [1.54, 1.807) is 0 Å². The summed E-state index contributed by atoms with van der Waals surface area (Å²) in [5, 5.41) is 12.4. The molecule has 1 heterocycles. The highest BCUT2D eigenvalue weighted by molar-refractivity contribution is 8.00. The van der Waals surface area contributed by atoms with Crippen molar-refractivity contribution in [1.82, 2.24) is 4.98 Å². The van der Waals surface area contributed by atoms with Gasteiger partial charge in [-0.05, 0) is 63.5 Å². The zero-order valence-corrected chi connectivity index (χ0v) is 25.6. The van der Waals surface area contributed by atoms with Crippen molar-refractivity contribution in [2.45, 2.75) is 10.1 Å². The lowest BCUT2D eigenvalue weighted by Gasteiger charge is -2.17. The van der Waals surface area contributed by atoms with Gasteiger partial charge in [-0.15, -0.1) is 23.1 Å². The molecular weight excluding hydrogens is 595 g/mol. The molecule has 0 radical (unpaired) electrons. The van der Waals surface area contributed by atoms with Gasteiger partial charge in [0.2, 0.25) is 5.91 Å². The molecule has 0 aliphatic heterocycles. The molecule has 6 aromatic carbocycles. The number of rotatable bonds is 8. The molecule has 2 amide bonds. The maximum absolute atomic E-state index is 13.8. The molecule has 0 aliphatic rings.